The van der Waals surface area contributed by atoms with Crippen molar-refractivity contribution in [2.24, 2.45) is 0 Å². The molecule has 7 nitrogen and oxygen atoms in total. The molecule has 2 aromatic rings. The minimum Gasteiger partial charge on any atom is -0.341 e. The molecule has 1 unspecified atom stereocenters. The number of nitrogens with zero attached hydrogens (tertiary/aromatic N) is 2. The molecule has 1 aliphatic rings. The number of hydrogen-bond donors (Lipinski definition) is 1. The molecule has 32 heavy (non-hydrogen) atoms. The number of sulfonamides is 1. The summed E-state index contributed by atoms with van der Waals surface area (Å²) in [5, 5.41) is 3.08. The molecule has 1 aliphatic heterocycles. The van der Waals surface area contributed by atoms with Gasteiger partial charge in [-0.05, 0) is 36.8 Å². The van der Waals surface area contributed by atoms with E-state index in [4.69, 9.17) is 23.2 Å². The average molecular weight is 496 g/mol. The number of carbonyl (C=O) groups is 2. The molecule has 0 aromatic heterocycles. The minimum absolute atomic E-state index is 0.0533. The molecule has 170 valence electrons. The zero-order chi connectivity index (χ0) is 23.3. The molecule has 2 aromatic carbocycles. The van der Waals surface area contributed by atoms with Crippen molar-refractivity contribution in [3.8, 4) is 0 Å². The maximum atomic E-state index is 12.9. The van der Waals surface area contributed by atoms with Crippen molar-refractivity contribution < 1.29 is 18.0 Å². The second-order valence-electron chi connectivity index (χ2n) is 7.28. The molecule has 1 saturated heterocycles. The van der Waals surface area contributed by atoms with Crippen molar-refractivity contribution in [1.82, 2.24) is 14.5 Å². The summed E-state index contributed by atoms with van der Waals surface area (Å²) >= 11 is 11.8. The molecular weight excluding hydrogens is 473 g/mol. The van der Waals surface area contributed by atoms with Gasteiger partial charge in [-0.25, -0.2) is 8.42 Å². The molecule has 0 spiro atoms. The third-order valence-electron chi connectivity index (χ3n) is 5.04. The standard InChI is InChI=1S/C22H23Cl2N3O4S/c1-16(25-21(28)10-7-17-5-3-2-4-6-17)22(29)26-11-13-27(14-12-26)32(30,31)18-8-9-19(23)20(24)15-18/h2-10,15-16H,11-14H2,1H3,(H,25,28)/b10-7+. The van der Waals surface area contributed by atoms with E-state index in [2.05, 4.69) is 5.32 Å². The first-order valence-electron chi connectivity index (χ1n) is 9.96. The Hall–Kier alpha value is -2.39. The molecule has 1 atom stereocenters. The van der Waals surface area contributed by atoms with E-state index in [-0.39, 0.29) is 52.9 Å². The Bertz CT molecular complexity index is 1120. The number of piperazine rings is 1. The van der Waals surface area contributed by atoms with Crippen LogP contribution in [0.1, 0.15) is 12.5 Å². The summed E-state index contributed by atoms with van der Waals surface area (Å²) in [6.45, 7) is 2.33. The van der Waals surface area contributed by atoms with Gasteiger partial charge >= 0.3 is 0 Å². The van der Waals surface area contributed by atoms with Gasteiger partial charge in [-0.15, -0.1) is 0 Å². The summed E-state index contributed by atoms with van der Waals surface area (Å²) in [7, 11) is -3.75. The highest BCUT2D eigenvalue weighted by atomic mass is 35.5. The SMILES string of the molecule is CC(NC(=O)/C=C/c1ccccc1)C(=O)N1CCN(S(=O)(=O)c2ccc(Cl)c(Cl)c2)CC1. The second-order valence-corrected chi connectivity index (χ2v) is 10.0. The quantitative estimate of drug-likeness (QED) is 0.623. The molecule has 1 N–H and O–H groups in total. The van der Waals surface area contributed by atoms with E-state index in [0.717, 1.165) is 5.56 Å². The highest BCUT2D eigenvalue weighted by Crippen LogP contribution is 2.27. The van der Waals surface area contributed by atoms with Crippen LogP contribution < -0.4 is 5.32 Å². The first-order valence-corrected chi connectivity index (χ1v) is 12.2. The molecule has 0 saturated carbocycles. The van der Waals surface area contributed by atoms with Crippen molar-refractivity contribution in [1.29, 1.82) is 0 Å². The maximum Gasteiger partial charge on any atom is 0.244 e. The smallest absolute Gasteiger partial charge is 0.244 e. The summed E-state index contributed by atoms with van der Waals surface area (Å²) < 4.78 is 27.0. The van der Waals surface area contributed by atoms with Gasteiger partial charge in [0, 0.05) is 32.3 Å². The Balaban J connectivity index is 1.54. The first kappa shape index (κ1) is 24.3. The molecule has 1 fully saturated rings. The zero-order valence-electron chi connectivity index (χ0n) is 17.4. The topological polar surface area (TPSA) is 86.8 Å². The van der Waals surface area contributed by atoms with Gasteiger partial charge in [0.25, 0.3) is 0 Å². The van der Waals surface area contributed by atoms with Crippen molar-refractivity contribution in [2.75, 3.05) is 26.2 Å². The van der Waals surface area contributed by atoms with Crippen molar-refractivity contribution >= 4 is 51.1 Å². The van der Waals surface area contributed by atoms with E-state index in [9.17, 15) is 18.0 Å². The Labute approximate surface area is 197 Å². The van der Waals surface area contributed by atoms with Crippen LogP contribution in [0.4, 0.5) is 0 Å². The fourth-order valence-electron chi connectivity index (χ4n) is 3.27. The van der Waals surface area contributed by atoms with E-state index < -0.39 is 16.1 Å². The molecule has 10 heteroatoms. The predicted octanol–water partition coefficient (Wildman–Crippen LogP) is 3.04. The number of nitrogens with one attached hydrogen (secondary N) is 1. The fraction of sp³-hybridized carbons (Fsp3) is 0.273. The van der Waals surface area contributed by atoms with Crippen LogP contribution in [0.2, 0.25) is 10.0 Å². The molecule has 0 radical (unpaired) electrons. The number of rotatable bonds is 6. The van der Waals surface area contributed by atoms with Gasteiger partial charge in [-0.3, -0.25) is 9.59 Å². The molecule has 0 bridgehead atoms. The largest absolute Gasteiger partial charge is 0.341 e. The summed E-state index contributed by atoms with van der Waals surface area (Å²) in [6, 6.07) is 12.8. The number of amides is 2. The summed E-state index contributed by atoms with van der Waals surface area (Å²) in [5.41, 5.74) is 0.876. The molecule has 2 amide bonds. The van der Waals surface area contributed by atoms with Crippen molar-refractivity contribution in [2.45, 2.75) is 17.9 Å². The highest BCUT2D eigenvalue weighted by Gasteiger charge is 2.32. The average Bonchev–Trinajstić information content (AvgIpc) is 2.79. The maximum absolute atomic E-state index is 12.9. The van der Waals surface area contributed by atoms with E-state index in [0.29, 0.717) is 0 Å². The van der Waals surface area contributed by atoms with Crippen LogP contribution in [-0.2, 0) is 19.6 Å². The van der Waals surface area contributed by atoms with Gasteiger partial charge in [0.05, 0.1) is 14.9 Å². The minimum atomic E-state index is -3.75. The lowest BCUT2D eigenvalue weighted by molar-refractivity contribution is -0.136. The number of hydrogen-bond acceptors (Lipinski definition) is 4. The Morgan fingerprint density at radius 3 is 2.28 bits per heavy atom. The van der Waals surface area contributed by atoms with Crippen molar-refractivity contribution in [3.63, 3.8) is 0 Å². The van der Waals surface area contributed by atoms with E-state index in [1.165, 1.54) is 28.6 Å². The van der Waals surface area contributed by atoms with Crippen LogP contribution in [0.3, 0.4) is 0 Å². The normalized spacial score (nSPS) is 16.2. The number of halogens is 2. The summed E-state index contributed by atoms with van der Waals surface area (Å²) in [5.74, 6) is -0.645. The molecule has 0 aliphatic carbocycles. The van der Waals surface area contributed by atoms with Crippen LogP contribution >= 0.6 is 23.2 Å². The van der Waals surface area contributed by atoms with Crippen LogP contribution in [0.25, 0.3) is 6.08 Å². The Morgan fingerprint density at radius 2 is 1.66 bits per heavy atom. The van der Waals surface area contributed by atoms with Gasteiger partial charge in [0.1, 0.15) is 6.04 Å². The molecule has 3 rings (SSSR count). The van der Waals surface area contributed by atoms with E-state index in [1.807, 2.05) is 30.3 Å². The van der Waals surface area contributed by atoms with Crippen LogP contribution in [-0.4, -0.2) is 61.7 Å². The lowest BCUT2D eigenvalue weighted by Crippen LogP contribution is -2.54. The zero-order valence-corrected chi connectivity index (χ0v) is 19.7. The van der Waals surface area contributed by atoms with E-state index in [1.54, 1.807) is 17.9 Å². The Kier molecular flexibility index (Phi) is 7.95. The third kappa shape index (κ3) is 5.89. The van der Waals surface area contributed by atoms with E-state index >= 15 is 0 Å². The third-order valence-corrected chi connectivity index (χ3v) is 7.67. The van der Waals surface area contributed by atoms with Gasteiger partial charge in [0.2, 0.25) is 21.8 Å². The number of benzene rings is 2. The van der Waals surface area contributed by atoms with Crippen LogP contribution in [0.5, 0.6) is 0 Å². The highest BCUT2D eigenvalue weighted by molar-refractivity contribution is 7.89. The monoisotopic (exact) mass is 495 g/mol. The predicted molar refractivity (Wildman–Crippen MR) is 125 cm³/mol. The van der Waals surface area contributed by atoms with Gasteiger partial charge in [-0.2, -0.15) is 4.31 Å². The summed E-state index contributed by atoms with van der Waals surface area (Å²) in [4.78, 5) is 26.4. The number of carbonyl (C=O) groups excluding carboxylic acids is 2. The van der Waals surface area contributed by atoms with Gasteiger partial charge in [0.15, 0.2) is 0 Å². The molecular formula is C22H23Cl2N3O4S. The van der Waals surface area contributed by atoms with Gasteiger partial charge < -0.3 is 10.2 Å². The van der Waals surface area contributed by atoms with Crippen molar-refractivity contribution in [3.05, 3.63) is 70.2 Å². The Morgan fingerprint density at radius 1 is 1.00 bits per heavy atom. The van der Waals surface area contributed by atoms with Gasteiger partial charge in [-0.1, -0.05) is 53.5 Å². The second kappa shape index (κ2) is 10.5. The first-order chi connectivity index (χ1) is 15.2. The fourth-order valence-corrected chi connectivity index (χ4v) is 5.08. The molecule has 1 heterocycles. The van der Waals surface area contributed by atoms with Crippen LogP contribution in [0.15, 0.2) is 59.5 Å². The summed E-state index contributed by atoms with van der Waals surface area (Å²) in [6.07, 6.45) is 3.04. The lowest BCUT2D eigenvalue weighted by Gasteiger charge is -2.35. The lowest BCUT2D eigenvalue weighted by atomic mass is 10.2. The van der Waals surface area contributed by atoms with Crippen LogP contribution in [0, 0.1) is 0 Å².